The van der Waals surface area contributed by atoms with Crippen molar-refractivity contribution in [1.29, 1.82) is 5.26 Å². The van der Waals surface area contributed by atoms with E-state index < -0.39 is 5.82 Å². The van der Waals surface area contributed by atoms with E-state index in [0.29, 0.717) is 12.4 Å². The lowest BCUT2D eigenvalue weighted by atomic mass is 10.1. The zero-order valence-electron chi connectivity index (χ0n) is 10.3. The van der Waals surface area contributed by atoms with Crippen molar-refractivity contribution in [3.05, 3.63) is 59.7 Å². The number of halogens is 1. The monoisotopic (exact) mass is 256 g/mol. The second-order valence-corrected chi connectivity index (χ2v) is 4.03. The van der Waals surface area contributed by atoms with Crippen molar-refractivity contribution in [1.82, 2.24) is 4.98 Å². The molecule has 0 amide bonds. The van der Waals surface area contributed by atoms with E-state index in [0.717, 1.165) is 12.8 Å². The van der Waals surface area contributed by atoms with Crippen LogP contribution >= 0.6 is 0 Å². The summed E-state index contributed by atoms with van der Waals surface area (Å²) in [5.74, 6) is -0.244. The highest BCUT2D eigenvalue weighted by Gasteiger charge is 2.08. The quantitative estimate of drug-likeness (QED) is 0.772. The molecule has 2 rings (SSSR count). The summed E-state index contributed by atoms with van der Waals surface area (Å²) in [7, 11) is 0. The molecule has 0 unspecified atom stereocenters. The highest BCUT2D eigenvalue weighted by molar-refractivity contribution is 5.43. The number of rotatable bonds is 5. The Kier molecular flexibility index (Phi) is 4.46. The van der Waals surface area contributed by atoms with Crippen molar-refractivity contribution < 1.29 is 9.13 Å². The smallest absolute Gasteiger partial charge is 0.144 e. The molecule has 0 aliphatic heterocycles. The first-order chi connectivity index (χ1) is 9.31. The molecule has 0 aliphatic rings. The number of nitriles is 1. The number of nitrogens with zero attached hydrogens (tertiary/aromatic N) is 2. The van der Waals surface area contributed by atoms with Gasteiger partial charge >= 0.3 is 0 Å². The van der Waals surface area contributed by atoms with Crippen LogP contribution in [0.5, 0.6) is 5.75 Å². The van der Waals surface area contributed by atoms with E-state index in [2.05, 4.69) is 4.98 Å². The number of ether oxygens (including phenoxy) is 1. The van der Waals surface area contributed by atoms with Crippen LogP contribution in [0, 0.1) is 17.1 Å². The molecule has 1 aromatic carbocycles. The van der Waals surface area contributed by atoms with Gasteiger partial charge in [0.2, 0.25) is 0 Å². The average Bonchev–Trinajstić information content (AvgIpc) is 2.45. The van der Waals surface area contributed by atoms with Gasteiger partial charge in [-0.2, -0.15) is 5.26 Å². The molecule has 0 radical (unpaired) electrons. The minimum Gasteiger partial charge on any atom is -0.492 e. The molecule has 0 fully saturated rings. The Hall–Kier alpha value is -2.41. The third-order valence-electron chi connectivity index (χ3n) is 2.70. The van der Waals surface area contributed by atoms with E-state index in [-0.39, 0.29) is 5.56 Å². The summed E-state index contributed by atoms with van der Waals surface area (Å²) < 4.78 is 18.8. The van der Waals surface area contributed by atoms with Gasteiger partial charge in [-0.25, -0.2) is 4.39 Å². The molecule has 0 atom stereocenters. The fraction of sp³-hybridized carbons (Fsp3) is 0.200. The van der Waals surface area contributed by atoms with Crippen molar-refractivity contribution >= 4 is 0 Å². The molecule has 0 bridgehead atoms. The molecule has 2 aromatic rings. The summed E-state index contributed by atoms with van der Waals surface area (Å²) in [4.78, 5) is 3.94. The highest BCUT2D eigenvalue weighted by atomic mass is 19.1. The lowest BCUT2D eigenvalue weighted by molar-refractivity contribution is 0.308. The Bertz CT molecular complexity index is 578. The summed E-state index contributed by atoms with van der Waals surface area (Å²) in [5, 5.41) is 8.86. The molecule has 96 valence electrons. The predicted octanol–water partition coefficient (Wildman–Crippen LogP) is 3.10. The maximum Gasteiger partial charge on any atom is 0.144 e. The van der Waals surface area contributed by atoms with Crippen LogP contribution in [0.15, 0.2) is 42.7 Å². The van der Waals surface area contributed by atoms with Gasteiger partial charge in [-0.3, -0.25) is 4.98 Å². The lowest BCUT2D eigenvalue weighted by Gasteiger charge is -2.08. The third-order valence-corrected chi connectivity index (χ3v) is 2.70. The Morgan fingerprint density at radius 2 is 2.00 bits per heavy atom. The lowest BCUT2D eigenvalue weighted by Crippen LogP contribution is -2.02. The largest absolute Gasteiger partial charge is 0.492 e. The van der Waals surface area contributed by atoms with Crippen LogP contribution in [0.1, 0.15) is 17.5 Å². The van der Waals surface area contributed by atoms with Gasteiger partial charge in [0.25, 0.3) is 0 Å². The van der Waals surface area contributed by atoms with Gasteiger partial charge in [-0.05, 0) is 42.7 Å². The number of pyridine rings is 1. The van der Waals surface area contributed by atoms with E-state index in [4.69, 9.17) is 10.00 Å². The summed E-state index contributed by atoms with van der Waals surface area (Å²) in [5.41, 5.74) is 1.14. The van der Waals surface area contributed by atoms with Gasteiger partial charge in [0, 0.05) is 12.4 Å². The van der Waals surface area contributed by atoms with Crippen molar-refractivity contribution in [3.8, 4) is 11.8 Å². The Morgan fingerprint density at radius 3 is 2.74 bits per heavy atom. The molecular weight excluding hydrogens is 243 g/mol. The number of benzene rings is 1. The minimum absolute atomic E-state index is 0.0357. The van der Waals surface area contributed by atoms with Crippen LogP contribution in [0.3, 0.4) is 0 Å². The first-order valence-electron chi connectivity index (χ1n) is 6.01. The molecule has 4 heteroatoms. The molecule has 0 saturated carbocycles. The minimum atomic E-state index is -0.547. The van der Waals surface area contributed by atoms with E-state index in [1.165, 1.54) is 17.7 Å². The van der Waals surface area contributed by atoms with E-state index in [9.17, 15) is 4.39 Å². The molecule has 0 N–H and O–H groups in total. The van der Waals surface area contributed by atoms with Crippen molar-refractivity contribution in [3.63, 3.8) is 0 Å². The van der Waals surface area contributed by atoms with Crippen LogP contribution in [-0.4, -0.2) is 11.6 Å². The SMILES string of the molecule is N#Cc1c(F)cccc1OCCCc1ccncc1. The van der Waals surface area contributed by atoms with Crippen molar-refractivity contribution in [2.45, 2.75) is 12.8 Å². The molecule has 0 aliphatic carbocycles. The highest BCUT2D eigenvalue weighted by Crippen LogP contribution is 2.20. The fourth-order valence-electron chi connectivity index (χ4n) is 1.74. The molecule has 1 heterocycles. The van der Waals surface area contributed by atoms with Gasteiger partial charge < -0.3 is 4.74 Å². The zero-order valence-corrected chi connectivity index (χ0v) is 10.3. The second kappa shape index (κ2) is 6.50. The maximum atomic E-state index is 13.3. The summed E-state index contributed by atoms with van der Waals surface area (Å²) in [6, 6.07) is 10.1. The van der Waals surface area contributed by atoms with E-state index in [1.807, 2.05) is 18.2 Å². The van der Waals surface area contributed by atoms with Gasteiger partial charge in [0.1, 0.15) is 23.2 Å². The number of hydrogen-bond donors (Lipinski definition) is 0. The molecule has 19 heavy (non-hydrogen) atoms. The van der Waals surface area contributed by atoms with Crippen LogP contribution in [0.4, 0.5) is 4.39 Å². The normalized spacial score (nSPS) is 9.89. The predicted molar refractivity (Wildman–Crippen MR) is 69.2 cm³/mol. The molecule has 3 nitrogen and oxygen atoms in total. The van der Waals surface area contributed by atoms with Gasteiger partial charge in [0.05, 0.1) is 6.61 Å². The second-order valence-electron chi connectivity index (χ2n) is 4.03. The van der Waals surface area contributed by atoms with E-state index in [1.54, 1.807) is 18.5 Å². The van der Waals surface area contributed by atoms with Gasteiger partial charge in [0.15, 0.2) is 0 Å². The Morgan fingerprint density at radius 1 is 1.21 bits per heavy atom. The third kappa shape index (κ3) is 3.52. The zero-order chi connectivity index (χ0) is 13.5. The van der Waals surface area contributed by atoms with Crippen molar-refractivity contribution in [2.75, 3.05) is 6.61 Å². The summed E-state index contributed by atoms with van der Waals surface area (Å²) >= 11 is 0. The molecule has 0 spiro atoms. The summed E-state index contributed by atoms with van der Waals surface area (Å²) in [6.07, 6.45) is 5.15. The van der Waals surface area contributed by atoms with Crippen LogP contribution in [0.2, 0.25) is 0 Å². The van der Waals surface area contributed by atoms with E-state index >= 15 is 0 Å². The molecule has 1 aromatic heterocycles. The van der Waals surface area contributed by atoms with Gasteiger partial charge in [-0.15, -0.1) is 0 Å². The average molecular weight is 256 g/mol. The number of aromatic nitrogens is 1. The Labute approximate surface area is 111 Å². The summed E-state index contributed by atoms with van der Waals surface area (Å²) in [6.45, 7) is 0.445. The number of aryl methyl sites for hydroxylation is 1. The first kappa shape index (κ1) is 13.0. The number of hydrogen-bond acceptors (Lipinski definition) is 3. The van der Waals surface area contributed by atoms with Crippen LogP contribution < -0.4 is 4.74 Å². The van der Waals surface area contributed by atoms with Gasteiger partial charge in [-0.1, -0.05) is 6.07 Å². The van der Waals surface area contributed by atoms with Crippen molar-refractivity contribution in [2.24, 2.45) is 0 Å². The first-order valence-corrected chi connectivity index (χ1v) is 6.01. The van der Waals surface area contributed by atoms with Crippen LogP contribution in [-0.2, 0) is 6.42 Å². The molecular formula is C15H13FN2O. The topological polar surface area (TPSA) is 45.9 Å². The molecule has 0 saturated heterocycles. The fourth-order valence-corrected chi connectivity index (χ4v) is 1.74. The standard InChI is InChI=1S/C15H13FN2O/c16-14-4-1-5-15(13(14)11-17)19-10-2-3-12-6-8-18-9-7-12/h1,4-9H,2-3,10H2. The maximum absolute atomic E-state index is 13.3. The Balaban J connectivity index is 1.87. The van der Waals surface area contributed by atoms with Crippen LogP contribution in [0.25, 0.3) is 0 Å².